The molecule has 0 heterocycles. The van der Waals surface area contributed by atoms with E-state index < -0.39 is 0 Å². The molecule has 0 saturated heterocycles. The molecule has 0 fully saturated rings. The van der Waals surface area contributed by atoms with E-state index in [9.17, 15) is 14.4 Å². The van der Waals surface area contributed by atoms with Gasteiger partial charge in [0.2, 0.25) is 0 Å². The van der Waals surface area contributed by atoms with E-state index in [4.69, 9.17) is 10.2 Å². The lowest BCUT2D eigenvalue weighted by Crippen LogP contribution is -2.10. The lowest BCUT2D eigenvalue weighted by atomic mass is 10.0. The van der Waals surface area contributed by atoms with Gasteiger partial charge in [0, 0.05) is 24.0 Å². The summed E-state index contributed by atoms with van der Waals surface area (Å²) in [7, 11) is 0. The fourth-order valence-electron chi connectivity index (χ4n) is 2.06. The molecule has 5 nitrogen and oxygen atoms in total. The maximum atomic E-state index is 11.9. The van der Waals surface area contributed by atoms with Crippen LogP contribution in [0.2, 0.25) is 0 Å². The Morgan fingerprint density at radius 1 is 0.652 bits per heavy atom. The van der Waals surface area contributed by atoms with Gasteiger partial charge in [0.1, 0.15) is 17.3 Å². The number of phenolic OH excluding ortho intramolecular Hbond substituents is 2. The number of carbonyl (C=O) groups excluding carboxylic acids is 3. The second-order valence-corrected chi connectivity index (χ2v) is 5.16. The smallest absolute Gasteiger partial charge is 0.170 e. The Morgan fingerprint density at radius 2 is 1.09 bits per heavy atom. The average molecular weight is 312 g/mol. The second kappa shape index (κ2) is 7.35. The van der Waals surface area contributed by atoms with Crippen molar-refractivity contribution in [1.82, 2.24) is 0 Å². The van der Waals surface area contributed by atoms with Crippen molar-refractivity contribution in [3.63, 3.8) is 0 Å². The van der Waals surface area contributed by atoms with E-state index in [1.54, 1.807) is 0 Å². The Labute approximate surface area is 133 Å². The van der Waals surface area contributed by atoms with E-state index >= 15 is 0 Å². The SMILES string of the molecule is O=C(CCC(=O)c1ccc(O)cc1)CC(=O)c1ccc(O)cc1. The molecule has 5 heteroatoms. The normalized spacial score (nSPS) is 10.3. The molecule has 0 aliphatic heterocycles. The molecule has 0 spiro atoms. The number of hydrogen-bond acceptors (Lipinski definition) is 5. The molecule has 2 N–H and O–H groups in total. The van der Waals surface area contributed by atoms with Crippen LogP contribution in [0.3, 0.4) is 0 Å². The first-order valence-electron chi connectivity index (χ1n) is 7.12. The van der Waals surface area contributed by atoms with Gasteiger partial charge in [0.05, 0.1) is 6.42 Å². The summed E-state index contributed by atoms with van der Waals surface area (Å²) in [6, 6.07) is 11.5. The third-order valence-corrected chi connectivity index (χ3v) is 3.37. The average Bonchev–Trinajstić information content (AvgIpc) is 2.54. The molecular formula is C18H16O5. The Kier molecular flexibility index (Phi) is 5.25. The summed E-state index contributed by atoms with van der Waals surface area (Å²) in [6.07, 6.45) is -0.260. The van der Waals surface area contributed by atoms with Gasteiger partial charge in [-0.1, -0.05) is 0 Å². The van der Waals surface area contributed by atoms with Crippen LogP contribution in [-0.4, -0.2) is 27.6 Å². The Bertz CT molecular complexity index is 714. The minimum absolute atomic E-state index is 0.0104. The predicted octanol–water partition coefficient (Wildman–Crippen LogP) is 2.90. The number of benzene rings is 2. The van der Waals surface area contributed by atoms with Crippen molar-refractivity contribution < 1.29 is 24.6 Å². The minimum Gasteiger partial charge on any atom is -0.508 e. The third kappa shape index (κ3) is 4.78. The maximum Gasteiger partial charge on any atom is 0.170 e. The van der Waals surface area contributed by atoms with Crippen LogP contribution in [-0.2, 0) is 4.79 Å². The summed E-state index contributed by atoms with van der Waals surface area (Å²) in [5.41, 5.74) is 0.765. The molecule has 0 atom stereocenters. The molecule has 2 aromatic rings. The van der Waals surface area contributed by atoms with Gasteiger partial charge in [-0.15, -0.1) is 0 Å². The van der Waals surface area contributed by atoms with Crippen LogP contribution in [0.4, 0.5) is 0 Å². The van der Waals surface area contributed by atoms with Crippen LogP contribution in [0, 0.1) is 0 Å². The van der Waals surface area contributed by atoms with Gasteiger partial charge in [-0.2, -0.15) is 0 Å². The van der Waals surface area contributed by atoms with Gasteiger partial charge in [-0.25, -0.2) is 0 Å². The fraction of sp³-hybridized carbons (Fsp3) is 0.167. The topological polar surface area (TPSA) is 91.7 Å². The zero-order valence-corrected chi connectivity index (χ0v) is 12.4. The van der Waals surface area contributed by atoms with E-state index in [2.05, 4.69) is 0 Å². The quantitative estimate of drug-likeness (QED) is 0.606. The summed E-state index contributed by atoms with van der Waals surface area (Å²) in [4.78, 5) is 35.6. The zero-order valence-electron chi connectivity index (χ0n) is 12.4. The molecule has 0 aromatic heterocycles. The number of aromatic hydroxyl groups is 2. The summed E-state index contributed by atoms with van der Waals surface area (Å²) < 4.78 is 0. The molecule has 0 amide bonds. The summed E-state index contributed by atoms with van der Waals surface area (Å²) in [5, 5.41) is 18.3. The number of Topliss-reactive ketones (excluding diaryl/α,β-unsaturated/α-hetero) is 3. The highest BCUT2D eigenvalue weighted by atomic mass is 16.3. The monoisotopic (exact) mass is 312 g/mol. The first kappa shape index (κ1) is 16.4. The van der Waals surface area contributed by atoms with E-state index in [1.165, 1.54) is 48.5 Å². The van der Waals surface area contributed by atoms with Gasteiger partial charge < -0.3 is 10.2 Å². The lowest BCUT2D eigenvalue weighted by molar-refractivity contribution is -0.118. The van der Waals surface area contributed by atoms with Crippen LogP contribution >= 0.6 is 0 Å². The number of phenols is 2. The van der Waals surface area contributed by atoms with Crippen molar-refractivity contribution in [2.45, 2.75) is 19.3 Å². The Hall–Kier alpha value is -2.95. The molecule has 0 radical (unpaired) electrons. The standard InChI is InChI=1S/C18H16O5/c19-14-5-1-12(2-6-14)17(22)10-9-16(21)11-18(23)13-3-7-15(20)8-4-13/h1-8,19-20H,9-11H2. The first-order chi connectivity index (χ1) is 11.0. The molecule has 23 heavy (non-hydrogen) atoms. The zero-order chi connectivity index (χ0) is 16.8. The molecule has 0 unspecified atom stereocenters. The fourth-order valence-corrected chi connectivity index (χ4v) is 2.06. The summed E-state index contributed by atoms with van der Waals surface area (Å²) in [5.74, 6) is -0.748. The van der Waals surface area contributed by atoms with Gasteiger partial charge in [-0.3, -0.25) is 14.4 Å². The van der Waals surface area contributed by atoms with Gasteiger partial charge in [-0.05, 0) is 48.5 Å². The van der Waals surface area contributed by atoms with E-state index in [-0.39, 0.29) is 48.1 Å². The van der Waals surface area contributed by atoms with Crippen molar-refractivity contribution in [2.24, 2.45) is 0 Å². The highest BCUT2D eigenvalue weighted by Crippen LogP contribution is 2.14. The molecule has 0 aliphatic rings. The van der Waals surface area contributed by atoms with Crippen molar-refractivity contribution in [3.05, 3.63) is 59.7 Å². The highest BCUT2D eigenvalue weighted by molar-refractivity contribution is 6.09. The van der Waals surface area contributed by atoms with Gasteiger partial charge in [0.25, 0.3) is 0 Å². The van der Waals surface area contributed by atoms with Gasteiger partial charge in [0.15, 0.2) is 11.6 Å². The minimum atomic E-state index is -0.341. The van der Waals surface area contributed by atoms with Crippen LogP contribution in [0.5, 0.6) is 11.5 Å². The number of carbonyl (C=O) groups is 3. The van der Waals surface area contributed by atoms with Crippen molar-refractivity contribution in [2.75, 3.05) is 0 Å². The Balaban J connectivity index is 1.85. The lowest BCUT2D eigenvalue weighted by Gasteiger charge is -2.03. The van der Waals surface area contributed by atoms with E-state index in [0.29, 0.717) is 11.1 Å². The molecule has 0 bridgehead atoms. The summed E-state index contributed by atoms with van der Waals surface area (Å²) in [6.45, 7) is 0. The number of ketones is 3. The van der Waals surface area contributed by atoms with E-state index in [1.807, 2.05) is 0 Å². The maximum absolute atomic E-state index is 11.9. The van der Waals surface area contributed by atoms with Crippen molar-refractivity contribution >= 4 is 17.3 Å². The molecule has 0 saturated carbocycles. The molecular weight excluding hydrogens is 296 g/mol. The highest BCUT2D eigenvalue weighted by Gasteiger charge is 2.14. The number of hydrogen-bond donors (Lipinski definition) is 2. The van der Waals surface area contributed by atoms with Crippen molar-refractivity contribution in [3.8, 4) is 11.5 Å². The van der Waals surface area contributed by atoms with Crippen LogP contribution < -0.4 is 0 Å². The van der Waals surface area contributed by atoms with Crippen LogP contribution in [0.15, 0.2) is 48.5 Å². The largest absolute Gasteiger partial charge is 0.508 e. The third-order valence-electron chi connectivity index (χ3n) is 3.37. The van der Waals surface area contributed by atoms with Gasteiger partial charge >= 0.3 is 0 Å². The Morgan fingerprint density at radius 3 is 1.57 bits per heavy atom. The van der Waals surface area contributed by atoms with E-state index in [0.717, 1.165) is 0 Å². The van der Waals surface area contributed by atoms with Crippen LogP contribution in [0.25, 0.3) is 0 Å². The molecule has 118 valence electrons. The predicted molar refractivity (Wildman–Crippen MR) is 83.7 cm³/mol. The summed E-state index contributed by atoms with van der Waals surface area (Å²) >= 11 is 0. The van der Waals surface area contributed by atoms with Crippen molar-refractivity contribution in [1.29, 1.82) is 0 Å². The first-order valence-corrected chi connectivity index (χ1v) is 7.12. The molecule has 2 aromatic carbocycles. The number of rotatable bonds is 7. The van der Waals surface area contributed by atoms with Crippen LogP contribution in [0.1, 0.15) is 40.0 Å². The second-order valence-electron chi connectivity index (χ2n) is 5.16. The molecule has 0 aliphatic carbocycles. The molecule has 2 rings (SSSR count).